The van der Waals surface area contributed by atoms with Gasteiger partial charge in [-0.05, 0) is 43.6 Å². The van der Waals surface area contributed by atoms with Crippen molar-refractivity contribution in [3.8, 4) is 0 Å². The number of furan rings is 1. The first-order valence-corrected chi connectivity index (χ1v) is 8.04. The van der Waals surface area contributed by atoms with E-state index >= 15 is 0 Å². The van der Waals surface area contributed by atoms with Crippen LogP contribution in [0.5, 0.6) is 0 Å². The van der Waals surface area contributed by atoms with Gasteiger partial charge in [-0.15, -0.1) is 0 Å². The molecule has 19 heavy (non-hydrogen) atoms. The molecular formula is C14H22N2O2S. The highest BCUT2D eigenvalue weighted by Crippen LogP contribution is 2.24. The number of amides is 1. The van der Waals surface area contributed by atoms with Crippen molar-refractivity contribution < 1.29 is 9.21 Å². The largest absolute Gasteiger partial charge is 0.468 e. The third-order valence-electron chi connectivity index (χ3n) is 3.43. The lowest BCUT2D eigenvalue weighted by molar-refractivity contribution is -0.124. The van der Waals surface area contributed by atoms with E-state index in [1.165, 1.54) is 0 Å². The molecule has 0 aromatic carbocycles. The van der Waals surface area contributed by atoms with Crippen LogP contribution in [0.15, 0.2) is 22.8 Å². The number of carbonyl (C=O) groups excluding carboxylic acids is 1. The molecule has 0 spiro atoms. The maximum Gasteiger partial charge on any atom is 0.223 e. The summed E-state index contributed by atoms with van der Waals surface area (Å²) < 4.78 is 5.25. The normalized spacial score (nSPS) is 22.6. The average molecular weight is 282 g/mol. The fourth-order valence-electron chi connectivity index (χ4n) is 2.35. The van der Waals surface area contributed by atoms with E-state index in [-0.39, 0.29) is 17.9 Å². The molecule has 1 fully saturated rings. The molecular weight excluding hydrogens is 260 g/mol. The molecule has 0 unspecified atom stereocenters. The number of nitrogens with two attached hydrogens (primary N) is 1. The molecule has 0 saturated heterocycles. The Labute approximate surface area is 118 Å². The number of hydrogen-bond donors (Lipinski definition) is 2. The van der Waals surface area contributed by atoms with Gasteiger partial charge in [-0.2, -0.15) is 11.8 Å². The third kappa shape index (κ3) is 4.91. The van der Waals surface area contributed by atoms with Gasteiger partial charge in [0.25, 0.3) is 0 Å². The summed E-state index contributed by atoms with van der Waals surface area (Å²) in [4.78, 5) is 11.8. The van der Waals surface area contributed by atoms with E-state index in [9.17, 15) is 4.79 Å². The molecule has 4 nitrogen and oxygen atoms in total. The number of rotatable bonds is 7. The van der Waals surface area contributed by atoms with Crippen molar-refractivity contribution in [2.75, 3.05) is 12.3 Å². The zero-order chi connectivity index (χ0) is 13.5. The average Bonchev–Trinajstić information content (AvgIpc) is 3.04. The zero-order valence-electron chi connectivity index (χ0n) is 11.1. The van der Waals surface area contributed by atoms with E-state index in [4.69, 9.17) is 10.2 Å². The summed E-state index contributed by atoms with van der Waals surface area (Å²) >= 11 is 1.83. The molecule has 1 aromatic heterocycles. The molecule has 1 amide bonds. The Morgan fingerprint density at radius 2 is 2.42 bits per heavy atom. The van der Waals surface area contributed by atoms with Gasteiger partial charge in [0, 0.05) is 18.5 Å². The van der Waals surface area contributed by atoms with Gasteiger partial charge in [0.05, 0.1) is 12.0 Å². The number of carbonyl (C=O) groups is 1. The van der Waals surface area contributed by atoms with E-state index < -0.39 is 0 Å². The summed E-state index contributed by atoms with van der Waals surface area (Å²) in [5.74, 6) is 3.27. The lowest BCUT2D eigenvalue weighted by atomic mass is 10.1. The summed E-state index contributed by atoms with van der Waals surface area (Å²) in [6, 6.07) is 4.11. The molecule has 0 bridgehead atoms. The maximum absolute atomic E-state index is 11.8. The Balaban J connectivity index is 1.48. The topological polar surface area (TPSA) is 68.3 Å². The SMILES string of the molecule is N[C@@H]1CC[C@H](C(=O)NCCCSCc2ccco2)C1. The summed E-state index contributed by atoms with van der Waals surface area (Å²) in [7, 11) is 0. The molecule has 1 heterocycles. The maximum atomic E-state index is 11.8. The van der Waals surface area contributed by atoms with E-state index in [1.807, 2.05) is 23.9 Å². The van der Waals surface area contributed by atoms with E-state index in [2.05, 4.69) is 5.32 Å². The molecule has 1 saturated carbocycles. The van der Waals surface area contributed by atoms with Crippen molar-refractivity contribution in [1.82, 2.24) is 5.32 Å². The van der Waals surface area contributed by atoms with Gasteiger partial charge >= 0.3 is 0 Å². The van der Waals surface area contributed by atoms with E-state index in [0.29, 0.717) is 0 Å². The molecule has 2 atom stereocenters. The standard InChI is InChI=1S/C14H22N2O2S/c15-12-5-4-11(9-12)14(17)16-6-2-8-19-10-13-3-1-7-18-13/h1,3,7,11-12H,2,4-6,8-10,15H2,(H,16,17)/t11-,12+/m0/s1. The van der Waals surface area contributed by atoms with Crippen LogP contribution in [-0.2, 0) is 10.5 Å². The minimum atomic E-state index is 0.144. The number of nitrogens with one attached hydrogen (secondary N) is 1. The highest BCUT2D eigenvalue weighted by molar-refractivity contribution is 7.98. The first-order valence-electron chi connectivity index (χ1n) is 6.89. The first kappa shape index (κ1) is 14.5. The van der Waals surface area contributed by atoms with Gasteiger partial charge in [0.2, 0.25) is 5.91 Å². The summed E-state index contributed by atoms with van der Waals surface area (Å²) in [5.41, 5.74) is 5.81. The summed E-state index contributed by atoms with van der Waals surface area (Å²) in [5, 5.41) is 3.01. The monoisotopic (exact) mass is 282 g/mol. The predicted molar refractivity (Wildman–Crippen MR) is 77.8 cm³/mol. The van der Waals surface area contributed by atoms with E-state index in [0.717, 1.165) is 49.5 Å². The van der Waals surface area contributed by atoms with Crippen molar-refractivity contribution in [2.45, 2.75) is 37.5 Å². The highest BCUT2D eigenvalue weighted by atomic mass is 32.2. The molecule has 0 radical (unpaired) electrons. The van der Waals surface area contributed by atoms with Crippen molar-refractivity contribution in [1.29, 1.82) is 0 Å². The van der Waals surface area contributed by atoms with E-state index in [1.54, 1.807) is 6.26 Å². The van der Waals surface area contributed by atoms with Gasteiger partial charge in [-0.1, -0.05) is 0 Å². The van der Waals surface area contributed by atoms with Crippen LogP contribution < -0.4 is 11.1 Å². The number of hydrogen-bond acceptors (Lipinski definition) is 4. The van der Waals surface area contributed by atoms with Crippen LogP contribution in [0.2, 0.25) is 0 Å². The summed E-state index contributed by atoms with van der Waals surface area (Å²) in [6.07, 6.45) is 5.47. The predicted octanol–water partition coefficient (Wildman–Crippen LogP) is 2.15. The fourth-order valence-corrected chi connectivity index (χ4v) is 3.21. The molecule has 2 rings (SSSR count). The van der Waals surface area contributed by atoms with Gasteiger partial charge in [-0.25, -0.2) is 0 Å². The second kappa shape index (κ2) is 7.60. The van der Waals surface area contributed by atoms with Crippen LogP contribution in [0.3, 0.4) is 0 Å². The Bertz CT molecular complexity index is 381. The molecule has 0 aliphatic heterocycles. The fraction of sp³-hybridized carbons (Fsp3) is 0.643. The summed E-state index contributed by atoms with van der Waals surface area (Å²) in [6.45, 7) is 0.760. The minimum Gasteiger partial charge on any atom is -0.468 e. The molecule has 5 heteroatoms. The van der Waals surface area contributed by atoms with Crippen LogP contribution in [0.25, 0.3) is 0 Å². The molecule has 3 N–H and O–H groups in total. The van der Waals surface area contributed by atoms with Crippen LogP contribution in [0.4, 0.5) is 0 Å². The van der Waals surface area contributed by atoms with Crippen molar-refractivity contribution in [2.24, 2.45) is 11.7 Å². The lowest BCUT2D eigenvalue weighted by Gasteiger charge is -2.10. The van der Waals surface area contributed by atoms with Gasteiger partial charge < -0.3 is 15.5 Å². The second-order valence-corrected chi connectivity index (χ2v) is 6.15. The first-order chi connectivity index (χ1) is 9.25. The van der Waals surface area contributed by atoms with Crippen molar-refractivity contribution in [3.63, 3.8) is 0 Å². The molecule has 1 aliphatic rings. The Morgan fingerprint density at radius 1 is 1.53 bits per heavy atom. The smallest absolute Gasteiger partial charge is 0.223 e. The van der Waals surface area contributed by atoms with Gasteiger partial charge in [-0.3, -0.25) is 4.79 Å². The number of thioether (sulfide) groups is 1. The Morgan fingerprint density at radius 3 is 3.11 bits per heavy atom. The quantitative estimate of drug-likeness (QED) is 0.752. The van der Waals surface area contributed by atoms with Crippen LogP contribution in [0, 0.1) is 5.92 Å². The van der Waals surface area contributed by atoms with Crippen LogP contribution in [0.1, 0.15) is 31.4 Å². The Kier molecular flexibility index (Phi) is 5.79. The second-order valence-electron chi connectivity index (χ2n) is 5.05. The lowest BCUT2D eigenvalue weighted by Crippen LogP contribution is -2.31. The highest BCUT2D eigenvalue weighted by Gasteiger charge is 2.27. The van der Waals surface area contributed by atoms with Crippen molar-refractivity contribution >= 4 is 17.7 Å². The molecule has 106 valence electrons. The van der Waals surface area contributed by atoms with Crippen LogP contribution in [-0.4, -0.2) is 24.2 Å². The molecule has 1 aromatic rings. The Hall–Kier alpha value is -0.940. The third-order valence-corrected chi connectivity index (χ3v) is 4.50. The molecule has 1 aliphatic carbocycles. The van der Waals surface area contributed by atoms with Crippen LogP contribution >= 0.6 is 11.8 Å². The van der Waals surface area contributed by atoms with Gasteiger partial charge in [0.15, 0.2) is 0 Å². The zero-order valence-corrected chi connectivity index (χ0v) is 12.0. The minimum absolute atomic E-state index is 0.144. The van der Waals surface area contributed by atoms with Crippen molar-refractivity contribution in [3.05, 3.63) is 24.2 Å². The van der Waals surface area contributed by atoms with Gasteiger partial charge in [0.1, 0.15) is 5.76 Å².